The predicted octanol–water partition coefficient (Wildman–Crippen LogP) is 28.2. The van der Waals surface area contributed by atoms with Gasteiger partial charge in [-0.25, -0.2) is 0 Å². The van der Waals surface area contributed by atoms with Gasteiger partial charge in [0.15, 0.2) is 0 Å². The second kappa shape index (κ2) is 24.2. The molecule has 0 heterocycles. The molecule has 102 heavy (non-hydrogen) atoms. The Morgan fingerprint density at radius 3 is 0.961 bits per heavy atom. The van der Waals surface area contributed by atoms with Crippen molar-refractivity contribution >= 4 is 64.6 Å². The molecule has 0 unspecified atom stereocenters. The van der Waals surface area contributed by atoms with Crippen molar-refractivity contribution in [1.82, 2.24) is 0 Å². The van der Waals surface area contributed by atoms with E-state index in [1.807, 2.05) is 0 Å². The van der Waals surface area contributed by atoms with Crippen LogP contribution >= 0.6 is 0 Å². The molecule has 0 amide bonds. The standard InChI is InChI=1S/2C51H36/c1-51(2)47-22-11-10-18-41(47)45-32-38(28-30-48(45)51)50-43-20-9-8-19-42(43)49(44-29-27-37(31-46(44)50)33-13-4-3-5-14-33)36-25-23-35(24-26-36)40-21-12-16-34-15-6-7-17-39(34)40;1-51(2)47-19-11-10-16-41(47)45-32-40(27-29-48(45)51)50-43-18-9-8-17-42(43)49(44-28-26-39(31-46(44)50)33-12-4-3-5-13-33)36-23-20-35(21-24-36)38-25-22-34-14-6-7-15-37(34)30-38/h2*3-32H,1-2H3. The van der Waals surface area contributed by atoms with Gasteiger partial charge in [-0.1, -0.05) is 361 Å². The maximum Gasteiger partial charge on any atom is 0.0158 e. The molecule has 18 aromatic rings. The van der Waals surface area contributed by atoms with Crippen molar-refractivity contribution in [2.24, 2.45) is 0 Å². The molecule has 0 aliphatic heterocycles. The van der Waals surface area contributed by atoms with Crippen molar-refractivity contribution in [3.05, 3.63) is 386 Å². The molecule has 480 valence electrons. The predicted molar refractivity (Wildman–Crippen MR) is 437 cm³/mol. The molecule has 20 rings (SSSR count). The highest BCUT2D eigenvalue weighted by Gasteiger charge is 2.37. The fourth-order valence-electron chi connectivity index (χ4n) is 17.5. The molecular formula is C102H72. The first-order chi connectivity index (χ1) is 50.1. The average molecular weight is 1300 g/mol. The number of hydrogen-bond acceptors (Lipinski definition) is 0. The highest BCUT2D eigenvalue weighted by Crippen LogP contribution is 2.54. The van der Waals surface area contributed by atoms with E-state index in [-0.39, 0.29) is 10.8 Å². The summed E-state index contributed by atoms with van der Waals surface area (Å²) in [7, 11) is 0. The van der Waals surface area contributed by atoms with Gasteiger partial charge in [0.1, 0.15) is 0 Å². The second-order valence-electron chi connectivity index (χ2n) is 28.9. The van der Waals surface area contributed by atoms with E-state index in [1.54, 1.807) is 0 Å². The molecule has 0 aromatic heterocycles. The van der Waals surface area contributed by atoms with E-state index in [0.29, 0.717) is 0 Å². The average Bonchev–Trinajstić information content (AvgIpc) is 1.32. The summed E-state index contributed by atoms with van der Waals surface area (Å²) in [6, 6.07) is 135. The van der Waals surface area contributed by atoms with Crippen LogP contribution in [0.25, 0.3) is 176 Å². The Balaban J connectivity index is 0.000000141. The minimum atomic E-state index is -0.0306. The Labute approximate surface area is 596 Å². The van der Waals surface area contributed by atoms with Gasteiger partial charge in [-0.2, -0.15) is 0 Å². The van der Waals surface area contributed by atoms with E-state index in [9.17, 15) is 0 Å². The highest BCUT2D eigenvalue weighted by atomic mass is 14.4. The lowest BCUT2D eigenvalue weighted by molar-refractivity contribution is 0.660. The highest BCUT2D eigenvalue weighted by molar-refractivity contribution is 6.24. The largest absolute Gasteiger partial charge is 0.0622 e. The van der Waals surface area contributed by atoms with Gasteiger partial charge in [0, 0.05) is 10.8 Å². The minimum absolute atomic E-state index is 0.0298. The lowest BCUT2D eigenvalue weighted by Crippen LogP contribution is -2.14. The zero-order chi connectivity index (χ0) is 68.2. The van der Waals surface area contributed by atoms with E-state index in [2.05, 4.69) is 392 Å². The van der Waals surface area contributed by atoms with Gasteiger partial charge < -0.3 is 0 Å². The number of benzene rings is 18. The van der Waals surface area contributed by atoms with Crippen molar-refractivity contribution in [3.8, 4) is 111 Å². The number of hydrogen-bond donors (Lipinski definition) is 0. The Morgan fingerprint density at radius 2 is 0.461 bits per heavy atom. The first kappa shape index (κ1) is 60.7. The number of fused-ring (bicyclic) bond motifs is 12. The molecule has 0 saturated carbocycles. The summed E-state index contributed by atoms with van der Waals surface area (Å²) in [5.74, 6) is 0. The van der Waals surface area contributed by atoms with Crippen LogP contribution < -0.4 is 0 Å². The summed E-state index contributed by atoms with van der Waals surface area (Å²) >= 11 is 0. The molecule has 0 saturated heterocycles. The normalized spacial score (nSPS) is 13.1. The van der Waals surface area contributed by atoms with Gasteiger partial charge in [-0.15, -0.1) is 0 Å². The molecule has 0 bridgehead atoms. The molecule has 0 heteroatoms. The van der Waals surface area contributed by atoms with Gasteiger partial charge >= 0.3 is 0 Å². The second-order valence-corrected chi connectivity index (χ2v) is 28.9. The quantitative estimate of drug-likeness (QED) is 0.133. The van der Waals surface area contributed by atoms with Crippen LogP contribution in [0, 0.1) is 0 Å². The fraction of sp³-hybridized carbons (Fsp3) is 0.0588. The third kappa shape index (κ3) is 9.96. The fourth-order valence-corrected chi connectivity index (χ4v) is 17.5. The lowest BCUT2D eigenvalue weighted by Gasteiger charge is -2.22. The van der Waals surface area contributed by atoms with Crippen LogP contribution in [-0.4, -0.2) is 0 Å². The van der Waals surface area contributed by atoms with E-state index >= 15 is 0 Å². The van der Waals surface area contributed by atoms with E-state index in [0.717, 1.165) is 0 Å². The van der Waals surface area contributed by atoms with Gasteiger partial charge in [0.2, 0.25) is 0 Å². The summed E-state index contributed by atoms with van der Waals surface area (Å²) in [5.41, 5.74) is 30.9. The molecule has 0 N–H and O–H groups in total. The third-order valence-corrected chi connectivity index (χ3v) is 22.5. The van der Waals surface area contributed by atoms with Gasteiger partial charge in [-0.3, -0.25) is 0 Å². The van der Waals surface area contributed by atoms with Crippen LogP contribution in [-0.2, 0) is 10.8 Å². The van der Waals surface area contributed by atoms with E-state index in [4.69, 9.17) is 0 Å². The maximum absolute atomic E-state index is 2.46. The Bertz CT molecular complexity index is 6370. The topological polar surface area (TPSA) is 0 Å². The Morgan fingerprint density at radius 1 is 0.147 bits per heavy atom. The maximum atomic E-state index is 2.46. The van der Waals surface area contributed by atoms with Crippen LogP contribution in [0.5, 0.6) is 0 Å². The lowest BCUT2D eigenvalue weighted by atomic mass is 9.81. The van der Waals surface area contributed by atoms with E-state index < -0.39 is 0 Å². The summed E-state index contributed by atoms with van der Waals surface area (Å²) in [6.45, 7) is 9.42. The van der Waals surface area contributed by atoms with Gasteiger partial charge in [0.05, 0.1) is 0 Å². The molecule has 0 nitrogen and oxygen atoms in total. The summed E-state index contributed by atoms with van der Waals surface area (Å²) in [6.07, 6.45) is 0. The Hall–Kier alpha value is -12.5. The molecule has 0 spiro atoms. The minimum Gasteiger partial charge on any atom is -0.0622 e. The van der Waals surface area contributed by atoms with Crippen molar-refractivity contribution in [2.75, 3.05) is 0 Å². The molecule has 0 atom stereocenters. The van der Waals surface area contributed by atoms with Gasteiger partial charge in [-0.05, 0) is 228 Å². The first-order valence-corrected chi connectivity index (χ1v) is 35.9. The summed E-state index contributed by atoms with van der Waals surface area (Å²) < 4.78 is 0. The van der Waals surface area contributed by atoms with Crippen LogP contribution in [0.2, 0.25) is 0 Å². The third-order valence-electron chi connectivity index (χ3n) is 22.5. The summed E-state index contributed by atoms with van der Waals surface area (Å²) in [4.78, 5) is 0. The monoisotopic (exact) mass is 1300 g/mol. The molecular weight excluding hydrogens is 1230 g/mol. The van der Waals surface area contributed by atoms with Crippen molar-refractivity contribution in [2.45, 2.75) is 38.5 Å². The zero-order valence-electron chi connectivity index (χ0n) is 57.6. The number of rotatable bonds is 8. The molecule has 0 fully saturated rings. The van der Waals surface area contributed by atoms with E-state index in [1.165, 1.54) is 198 Å². The van der Waals surface area contributed by atoms with Crippen molar-refractivity contribution < 1.29 is 0 Å². The SMILES string of the molecule is CC1(C)c2ccccc2-c2cc(-c3c4ccccc4c(-c4ccc(-c5ccc6ccccc6c5)cc4)c4ccc(-c5ccccc5)cc34)ccc21.CC1(C)c2ccccc2-c2cc(-c3c4ccccc4c(-c4ccc(-c5cccc6ccccc56)cc4)c4ccc(-c5ccccc5)cc34)ccc21. The molecule has 2 aliphatic rings. The summed E-state index contributed by atoms with van der Waals surface area (Å²) in [5, 5.41) is 15.2. The van der Waals surface area contributed by atoms with Crippen LogP contribution in [0.15, 0.2) is 364 Å². The molecule has 18 aromatic carbocycles. The molecule has 2 aliphatic carbocycles. The first-order valence-electron chi connectivity index (χ1n) is 35.9. The van der Waals surface area contributed by atoms with Crippen LogP contribution in [0.3, 0.4) is 0 Å². The molecule has 0 radical (unpaired) electrons. The van der Waals surface area contributed by atoms with Crippen LogP contribution in [0.4, 0.5) is 0 Å². The zero-order valence-corrected chi connectivity index (χ0v) is 57.6. The Kier molecular flexibility index (Phi) is 14.4. The van der Waals surface area contributed by atoms with Crippen molar-refractivity contribution in [1.29, 1.82) is 0 Å². The van der Waals surface area contributed by atoms with Gasteiger partial charge in [0.25, 0.3) is 0 Å². The smallest absolute Gasteiger partial charge is 0.0158 e. The van der Waals surface area contributed by atoms with Crippen LogP contribution in [0.1, 0.15) is 49.9 Å². The van der Waals surface area contributed by atoms with Crippen molar-refractivity contribution in [3.63, 3.8) is 0 Å².